The topological polar surface area (TPSA) is 86.0 Å². The fraction of sp³-hybridized carbons (Fsp3) is 0.368. The number of aryl methyl sites for hydroxylation is 1. The van der Waals surface area contributed by atoms with E-state index in [-0.39, 0.29) is 0 Å². The van der Waals surface area contributed by atoms with E-state index < -0.39 is 0 Å². The summed E-state index contributed by atoms with van der Waals surface area (Å²) in [6, 6.07) is 7.69. The van der Waals surface area contributed by atoms with Crippen LogP contribution in [-0.2, 0) is 6.54 Å². The molecule has 0 spiro atoms. The summed E-state index contributed by atoms with van der Waals surface area (Å²) in [5, 5.41) is 7.15. The van der Waals surface area contributed by atoms with Gasteiger partial charge in [0.25, 0.3) is 5.89 Å². The summed E-state index contributed by atoms with van der Waals surface area (Å²) < 4.78 is 11.2. The van der Waals surface area contributed by atoms with Gasteiger partial charge in [-0.2, -0.15) is 4.98 Å². The van der Waals surface area contributed by atoms with Gasteiger partial charge in [0.2, 0.25) is 5.88 Å². The lowest BCUT2D eigenvalue weighted by atomic mass is 10.2. The maximum atomic E-state index is 5.90. The van der Waals surface area contributed by atoms with E-state index in [9.17, 15) is 0 Å². The third kappa shape index (κ3) is 3.82. The fourth-order valence-electron chi connectivity index (χ4n) is 3.07. The molecule has 0 atom stereocenters. The summed E-state index contributed by atoms with van der Waals surface area (Å²) in [5.41, 5.74) is 1.82. The minimum atomic E-state index is 0.320. The molecule has 0 bridgehead atoms. The van der Waals surface area contributed by atoms with Crippen molar-refractivity contribution in [3.8, 4) is 17.3 Å². The lowest BCUT2D eigenvalue weighted by Gasteiger charge is -2.12. The Balaban J connectivity index is 1.41. The Bertz CT molecular complexity index is 856. The van der Waals surface area contributed by atoms with Crippen LogP contribution in [-0.4, -0.2) is 26.2 Å². The second-order valence-electron chi connectivity index (χ2n) is 6.43. The van der Waals surface area contributed by atoms with Crippen molar-refractivity contribution in [2.75, 3.05) is 5.32 Å². The Morgan fingerprint density at radius 1 is 1.19 bits per heavy atom. The van der Waals surface area contributed by atoms with E-state index in [4.69, 9.17) is 9.26 Å². The van der Waals surface area contributed by atoms with Crippen LogP contribution < -0.4 is 10.1 Å². The Labute approximate surface area is 151 Å². The smallest absolute Gasteiger partial charge is 0.261 e. The second kappa shape index (κ2) is 7.51. The maximum absolute atomic E-state index is 5.90. The van der Waals surface area contributed by atoms with Crippen molar-refractivity contribution in [3.05, 3.63) is 48.0 Å². The summed E-state index contributed by atoms with van der Waals surface area (Å²) in [6.45, 7) is 2.38. The Morgan fingerprint density at radius 2 is 2.08 bits per heavy atom. The molecule has 4 rings (SSSR count). The van der Waals surface area contributed by atoms with Gasteiger partial charge in [0, 0.05) is 25.0 Å². The molecule has 3 aromatic heterocycles. The van der Waals surface area contributed by atoms with Crippen molar-refractivity contribution in [2.45, 2.75) is 45.3 Å². The molecule has 0 unspecified atom stereocenters. The van der Waals surface area contributed by atoms with Crippen LogP contribution in [0.5, 0.6) is 5.88 Å². The molecule has 7 nitrogen and oxygen atoms in total. The highest BCUT2D eigenvalue weighted by atomic mass is 16.5. The lowest BCUT2D eigenvalue weighted by Crippen LogP contribution is -2.12. The van der Waals surface area contributed by atoms with Crippen LogP contribution >= 0.6 is 0 Å². The van der Waals surface area contributed by atoms with Crippen LogP contribution in [0.15, 0.2) is 41.2 Å². The molecule has 26 heavy (non-hydrogen) atoms. The molecule has 1 fully saturated rings. The number of anilines is 1. The summed E-state index contributed by atoms with van der Waals surface area (Å²) in [5.74, 6) is 2.44. The first kappa shape index (κ1) is 16.5. The van der Waals surface area contributed by atoms with Gasteiger partial charge >= 0.3 is 0 Å². The van der Waals surface area contributed by atoms with E-state index in [2.05, 4.69) is 25.4 Å². The van der Waals surface area contributed by atoms with E-state index >= 15 is 0 Å². The SMILES string of the molecule is Cc1noc(-c2cccnc2NCc2ccc(OC3CCCC3)nc2)n1. The van der Waals surface area contributed by atoms with Crippen LogP contribution in [0.4, 0.5) is 5.82 Å². The number of ether oxygens (including phenoxy) is 1. The number of hydrogen-bond donors (Lipinski definition) is 1. The predicted octanol–water partition coefficient (Wildman–Crippen LogP) is 3.77. The van der Waals surface area contributed by atoms with Gasteiger partial charge in [-0.1, -0.05) is 11.2 Å². The lowest BCUT2D eigenvalue weighted by molar-refractivity contribution is 0.201. The van der Waals surface area contributed by atoms with E-state index in [1.165, 1.54) is 12.8 Å². The molecule has 0 amide bonds. The summed E-state index contributed by atoms with van der Waals surface area (Å²) in [7, 11) is 0. The molecule has 7 heteroatoms. The third-order valence-corrected chi connectivity index (χ3v) is 4.41. The number of nitrogens with one attached hydrogen (secondary N) is 1. The first-order valence-electron chi connectivity index (χ1n) is 8.89. The minimum absolute atomic E-state index is 0.320. The van der Waals surface area contributed by atoms with Gasteiger partial charge in [-0.3, -0.25) is 0 Å². The van der Waals surface area contributed by atoms with Crippen molar-refractivity contribution in [3.63, 3.8) is 0 Å². The van der Waals surface area contributed by atoms with Crippen molar-refractivity contribution < 1.29 is 9.26 Å². The molecular formula is C19H21N5O2. The molecule has 3 aromatic rings. The predicted molar refractivity (Wildman–Crippen MR) is 96.7 cm³/mol. The highest BCUT2D eigenvalue weighted by Gasteiger charge is 2.17. The highest BCUT2D eigenvalue weighted by molar-refractivity contribution is 5.68. The number of nitrogens with zero attached hydrogens (tertiary/aromatic N) is 4. The first-order chi connectivity index (χ1) is 12.8. The standard InChI is InChI=1S/C19H21N5O2/c1-13-23-19(26-24-13)16-7-4-10-20-18(16)22-12-14-8-9-17(21-11-14)25-15-5-2-3-6-15/h4,7-11,15H,2-3,5-6,12H2,1H3,(H,20,22). The molecule has 3 heterocycles. The van der Waals surface area contributed by atoms with E-state index in [1.807, 2.05) is 30.5 Å². The Hall–Kier alpha value is -2.96. The van der Waals surface area contributed by atoms with Crippen molar-refractivity contribution in [1.29, 1.82) is 0 Å². The van der Waals surface area contributed by atoms with Crippen LogP contribution in [0.25, 0.3) is 11.5 Å². The molecule has 134 valence electrons. The molecule has 0 saturated heterocycles. The van der Waals surface area contributed by atoms with Crippen LogP contribution in [0, 0.1) is 6.92 Å². The fourth-order valence-corrected chi connectivity index (χ4v) is 3.07. The molecular weight excluding hydrogens is 330 g/mol. The number of pyridine rings is 2. The molecule has 0 aliphatic heterocycles. The van der Waals surface area contributed by atoms with E-state index in [1.54, 1.807) is 13.1 Å². The molecule has 1 saturated carbocycles. The average molecular weight is 351 g/mol. The van der Waals surface area contributed by atoms with Gasteiger partial charge < -0.3 is 14.6 Å². The van der Waals surface area contributed by atoms with Gasteiger partial charge in [0.15, 0.2) is 5.82 Å². The van der Waals surface area contributed by atoms with E-state index in [0.29, 0.717) is 36.1 Å². The quantitative estimate of drug-likeness (QED) is 0.723. The van der Waals surface area contributed by atoms with Gasteiger partial charge in [0.05, 0.1) is 5.56 Å². The number of rotatable bonds is 6. The Morgan fingerprint density at radius 3 is 2.81 bits per heavy atom. The summed E-state index contributed by atoms with van der Waals surface area (Å²) >= 11 is 0. The molecule has 1 aliphatic carbocycles. The van der Waals surface area contributed by atoms with E-state index in [0.717, 1.165) is 24.0 Å². The van der Waals surface area contributed by atoms with Gasteiger partial charge in [0.1, 0.15) is 11.9 Å². The first-order valence-corrected chi connectivity index (χ1v) is 8.89. The maximum Gasteiger partial charge on any atom is 0.261 e. The monoisotopic (exact) mass is 351 g/mol. The minimum Gasteiger partial charge on any atom is -0.474 e. The van der Waals surface area contributed by atoms with Gasteiger partial charge in [-0.05, 0) is 50.3 Å². The zero-order chi connectivity index (χ0) is 17.8. The molecule has 0 radical (unpaired) electrons. The van der Waals surface area contributed by atoms with Crippen LogP contribution in [0.1, 0.15) is 37.1 Å². The van der Waals surface area contributed by atoms with Crippen LogP contribution in [0.3, 0.4) is 0 Å². The summed E-state index contributed by atoms with van der Waals surface area (Å²) in [4.78, 5) is 13.1. The van der Waals surface area contributed by atoms with Gasteiger partial charge in [-0.15, -0.1) is 0 Å². The molecule has 1 aliphatic rings. The zero-order valence-electron chi connectivity index (χ0n) is 14.7. The van der Waals surface area contributed by atoms with Crippen molar-refractivity contribution in [1.82, 2.24) is 20.1 Å². The highest BCUT2D eigenvalue weighted by Crippen LogP contribution is 2.25. The molecule has 0 aromatic carbocycles. The second-order valence-corrected chi connectivity index (χ2v) is 6.43. The number of aromatic nitrogens is 4. The van der Waals surface area contributed by atoms with Gasteiger partial charge in [-0.25, -0.2) is 9.97 Å². The largest absolute Gasteiger partial charge is 0.474 e. The van der Waals surface area contributed by atoms with Crippen molar-refractivity contribution in [2.24, 2.45) is 0 Å². The van der Waals surface area contributed by atoms with Crippen molar-refractivity contribution >= 4 is 5.82 Å². The van der Waals surface area contributed by atoms with Crippen LogP contribution in [0.2, 0.25) is 0 Å². The normalized spacial score (nSPS) is 14.5. The molecule has 1 N–H and O–H groups in total. The zero-order valence-corrected chi connectivity index (χ0v) is 14.7. The average Bonchev–Trinajstić information content (AvgIpc) is 3.33. The Kier molecular flexibility index (Phi) is 4.77. The number of hydrogen-bond acceptors (Lipinski definition) is 7. The third-order valence-electron chi connectivity index (χ3n) is 4.41. The summed E-state index contributed by atoms with van der Waals surface area (Å²) in [6.07, 6.45) is 8.63.